The zero-order valence-electron chi connectivity index (χ0n) is 13.9. The number of rotatable bonds is 6. The zero-order chi connectivity index (χ0) is 18.6. The fraction of sp³-hybridized carbons (Fsp3) is 0.105. The van der Waals surface area contributed by atoms with Gasteiger partial charge in [-0.1, -0.05) is 42.1 Å². The number of ketones is 1. The summed E-state index contributed by atoms with van der Waals surface area (Å²) >= 11 is 4.23. The van der Waals surface area contributed by atoms with Crippen LogP contribution in [0.15, 0.2) is 58.5 Å². The third-order valence-corrected chi connectivity index (χ3v) is 6.81. The monoisotopic (exact) mass is 408 g/mol. The summed E-state index contributed by atoms with van der Waals surface area (Å²) in [6.07, 6.45) is 1.50. The van der Waals surface area contributed by atoms with E-state index in [1.807, 2.05) is 47.2 Å². The molecule has 1 atom stereocenters. The molecule has 0 unspecified atom stereocenters. The van der Waals surface area contributed by atoms with Gasteiger partial charge in [0.1, 0.15) is 16.4 Å². The van der Waals surface area contributed by atoms with Gasteiger partial charge in [-0.25, -0.2) is 15.0 Å². The SMILES string of the molecule is N#C[C@@H](C(=O)CSc1ncnc2ccsc12)c1nc(-c2ccccc2)cs1. The molecule has 0 aliphatic carbocycles. The van der Waals surface area contributed by atoms with E-state index in [1.165, 1.54) is 29.4 Å². The Morgan fingerprint density at radius 2 is 2.04 bits per heavy atom. The van der Waals surface area contributed by atoms with Crippen LogP contribution in [0.1, 0.15) is 10.9 Å². The molecular weight excluding hydrogens is 396 g/mol. The number of thiophene rings is 1. The van der Waals surface area contributed by atoms with Crippen LogP contribution in [0, 0.1) is 11.3 Å². The van der Waals surface area contributed by atoms with Crippen molar-refractivity contribution in [1.82, 2.24) is 15.0 Å². The van der Waals surface area contributed by atoms with Gasteiger partial charge in [0.05, 0.1) is 27.7 Å². The number of carbonyl (C=O) groups is 1. The van der Waals surface area contributed by atoms with Crippen LogP contribution in [-0.2, 0) is 4.79 Å². The maximum absolute atomic E-state index is 12.7. The Labute approximate surface area is 167 Å². The van der Waals surface area contributed by atoms with Crippen LogP contribution in [0.4, 0.5) is 0 Å². The van der Waals surface area contributed by atoms with Crippen molar-refractivity contribution in [1.29, 1.82) is 5.26 Å². The molecule has 0 aliphatic rings. The van der Waals surface area contributed by atoms with E-state index in [0.717, 1.165) is 26.5 Å². The largest absolute Gasteiger partial charge is 0.297 e. The maximum Gasteiger partial charge on any atom is 0.167 e. The van der Waals surface area contributed by atoms with Gasteiger partial charge < -0.3 is 0 Å². The fourth-order valence-corrected chi connectivity index (χ4v) is 5.26. The van der Waals surface area contributed by atoms with E-state index in [1.54, 1.807) is 11.3 Å². The van der Waals surface area contributed by atoms with E-state index in [0.29, 0.717) is 5.01 Å². The minimum atomic E-state index is -0.861. The Kier molecular flexibility index (Phi) is 5.25. The number of thiazole rings is 1. The summed E-state index contributed by atoms with van der Waals surface area (Å²) in [5.74, 6) is -0.858. The number of hydrogen-bond donors (Lipinski definition) is 0. The van der Waals surface area contributed by atoms with E-state index >= 15 is 0 Å². The van der Waals surface area contributed by atoms with Gasteiger partial charge in [0.15, 0.2) is 11.7 Å². The molecule has 27 heavy (non-hydrogen) atoms. The number of nitriles is 1. The second-order valence-electron chi connectivity index (χ2n) is 5.57. The lowest BCUT2D eigenvalue weighted by Crippen LogP contribution is -2.13. The molecule has 5 nitrogen and oxygen atoms in total. The zero-order valence-corrected chi connectivity index (χ0v) is 16.4. The van der Waals surface area contributed by atoms with Crippen LogP contribution in [0.3, 0.4) is 0 Å². The minimum Gasteiger partial charge on any atom is -0.297 e. The number of nitrogens with zero attached hydrogens (tertiary/aromatic N) is 4. The predicted octanol–water partition coefficient (Wildman–Crippen LogP) is 4.78. The molecule has 3 aromatic heterocycles. The second kappa shape index (κ2) is 7.96. The highest BCUT2D eigenvalue weighted by Crippen LogP contribution is 2.31. The first-order valence-corrected chi connectivity index (χ1v) is 10.7. The molecule has 132 valence electrons. The second-order valence-corrected chi connectivity index (χ2v) is 8.34. The van der Waals surface area contributed by atoms with Crippen molar-refractivity contribution in [2.45, 2.75) is 10.9 Å². The summed E-state index contributed by atoms with van der Waals surface area (Å²) in [6.45, 7) is 0. The van der Waals surface area contributed by atoms with Crippen LogP contribution >= 0.6 is 34.4 Å². The van der Waals surface area contributed by atoms with E-state index in [9.17, 15) is 10.1 Å². The van der Waals surface area contributed by atoms with E-state index in [4.69, 9.17) is 0 Å². The normalized spacial score (nSPS) is 12.0. The Morgan fingerprint density at radius 3 is 2.85 bits per heavy atom. The number of Topliss-reactive ketones (excluding diaryl/α,β-unsaturated/α-hetero) is 1. The molecular formula is C19H12N4OS3. The van der Waals surface area contributed by atoms with Gasteiger partial charge in [-0.15, -0.1) is 22.7 Å². The first-order chi connectivity index (χ1) is 13.3. The van der Waals surface area contributed by atoms with Crippen LogP contribution in [0.25, 0.3) is 21.5 Å². The highest BCUT2D eigenvalue weighted by atomic mass is 32.2. The first-order valence-electron chi connectivity index (χ1n) is 8.00. The average molecular weight is 409 g/mol. The topological polar surface area (TPSA) is 79.5 Å². The third kappa shape index (κ3) is 3.76. The Balaban J connectivity index is 1.50. The molecule has 0 bridgehead atoms. The van der Waals surface area contributed by atoms with Crippen molar-refractivity contribution in [2.24, 2.45) is 0 Å². The van der Waals surface area contributed by atoms with Crippen molar-refractivity contribution < 1.29 is 4.79 Å². The van der Waals surface area contributed by atoms with Gasteiger partial charge in [0.2, 0.25) is 0 Å². The molecule has 0 N–H and O–H groups in total. The average Bonchev–Trinajstić information content (AvgIpc) is 3.37. The quantitative estimate of drug-likeness (QED) is 0.337. The molecule has 0 aliphatic heterocycles. The number of benzene rings is 1. The van der Waals surface area contributed by atoms with Gasteiger partial charge in [-0.2, -0.15) is 5.26 Å². The smallest absolute Gasteiger partial charge is 0.167 e. The number of hydrogen-bond acceptors (Lipinski definition) is 8. The lowest BCUT2D eigenvalue weighted by Gasteiger charge is -2.05. The van der Waals surface area contributed by atoms with E-state index in [2.05, 4.69) is 21.0 Å². The summed E-state index contributed by atoms with van der Waals surface area (Å²) in [4.78, 5) is 25.6. The van der Waals surface area contributed by atoms with Gasteiger partial charge in [-0.05, 0) is 11.4 Å². The number of thioether (sulfide) groups is 1. The summed E-state index contributed by atoms with van der Waals surface area (Å²) < 4.78 is 0.962. The van der Waals surface area contributed by atoms with Gasteiger partial charge in [-0.3, -0.25) is 4.79 Å². The highest BCUT2D eigenvalue weighted by molar-refractivity contribution is 8.00. The minimum absolute atomic E-state index is 0.167. The molecule has 0 saturated carbocycles. The Morgan fingerprint density at radius 1 is 1.19 bits per heavy atom. The molecule has 0 radical (unpaired) electrons. The van der Waals surface area contributed by atoms with Gasteiger partial charge >= 0.3 is 0 Å². The highest BCUT2D eigenvalue weighted by Gasteiger charge is 2.24. The molecule has 8 heteroatoms. The Bertz CT molecular complexity index is 1130. The number of carbonyl (C=O) groups excluding carboxylic acids is 1. The summed E-state index contributed by atoms with van der Waals surface area (Å²) in [7, 11) is 0. The number of fused-ring (bicyclic) bond motifs is 1. The molecule has 4 aromatic rings. The van der Waals surface area contributed by atoms with Crippen LogP contribution in [0.5, 0.6) is 0 Å². The first kappa shape index (κ1) is 17.8. The van der Waals surface area contributed by atoms with Crippen molar-refractivity contribution >= 4 is 50.4 Å². The third-order valence-electron chi connectivity index (χ3n) is 3.85. The predicted molar refractivity (Wildman–Crippen MR) is 109 cm³/mol. The van der Waals surface area contributed by atoms with Crippen molar-refractivity contribution in [3.05, 3.63) is 58.5 Å². The van der Waals surface area contributed by atoms with E-state index < -0.39 is 5.92 Å². The lowest BCUT2D eigenvalue weighted by molar-refractivity contribution is -0.116. The van der Waals surface area contributed by atoms with E-state index in [-0.39, 0.29) is 11.5 Å². The fourth-order valence-electron chi connectivity index (χ4n) is 2.52. The molecule has 0 amide bonds. The van der Waals surface area contributed by atoms with Crippen molar-refractivity contribution in [3.8, 4) is 17.3 Å². The molecule has 3 heterocycles. The lowest BCUT2D eigenvalue weighted by atomic mass is 10.1. The van der Waals surface area contributed by atoms with Crippen molar-refractivity contribution in [2.75, 3.05) is 5.75 Å². The summed E-state index contributed by atoms with van der Waals surface area (Å²) in [5.41, 5.74) is 2.63. The van der Waals surface area contributed by atoms with Crippen LogP contribution < -0.4 is 0 Å². The van der Waals surface area contributed by atoms with Gasteiger partial charge in [0, 0.05) is 10.9 Å². The summed E-state index contributed by atoms with van der Waals surface area (Å²) in [6, 6.07) is 13.8. The molecule has 0 spiro atoms. The standard InChI is InChI=1S/C19H12N4OS3/c20-8-13(18-23-15(9-26-18)12-4-2-1-3-5-12)16(24)10-27-19-17-14(6-7-25-17)21-11-22-19/h1-7,9,11,13H,10H2/t13-/m0/s1. The Hall–Kier alpha value is -2.60. The molecule has 4 rings (SSSR count). The summed E-state index contributed by atoms with van der Waals surface area (Å²) in [5, 5.41) is 14.7. The van der Waals surface area contributed by atoms with Crippen LogP contribution in [0.2, 0.25) is 0 Å². The molecule has 0 saturated heterocycles. The molecule has 1 aromatic carbocycles. The van der Waals surface area contributed by atoms with Crippen molar-refractivity contribution in [3.63, 3.8) is 0 Å². The van der Waals surface area contributed by atoms with Gasteiger partial charge in [0.25, 0.3) is 0 Å². The number of aromatic nitrogens is 3. The molecule has 0 fully saturated rings. The maximum atomic E-state index is 12.7. The van der Waals surface area contributed by atoms with Crippen LogP contribution in [-0.4, -0.2) is 26.5 Å².